The lowest BCUT2D eigenvalue weighted by atomic mass is 10.2. The topological polar surface area (TPSA) is 76.4 Å². The Balaban J connectivity index is 2.09. The number of nitrogen functional groups attached to an aromatic ring is 1. The van der Waals surface area contributed by atoms with Crippen molar-refractivity contribution in [3.8, 4) is 5.75 Å². The summed E-state index contributed by atoms with van der Waals surface area (Å²) >= 11 is 3.40. The summed E-state index contributed by atoms with van der Waals surface area (Å²) in [6, 6.07) is 10.3. The van der Waals surface area contributed by atoms with Gasteiger partial charge >= 0.3 is 6.03 Å². The summed E-state index contributed by atoms with van der Waals surface area (Å²) in [5, 5.41) is 5.48. The van der Waals surface area contributed by atoms with E-state index in [1.807, 2.05) is 13.0 Å². The van der Waals surface area contributed by atoms with Gasteiger partial charge in [-0.1, -0.05) is 6.07 Å². The van der Waals surface area contributed by atoms with Gasteiger partial charge in [-0.3, -0.25) is 0 Å². The number of ether oxygens (including phenoxy) is 1. The average Bonchev–Trinajstić information content (AvgIpc) is 2.45. The number of urea groups is 1. The molecule has 0 aliphatic rings. The van der Waals surface area contributed by atoms with Crippen LogP contribution in [0.4, 0.5) is 21.9 Å². The van der Waals surface area contributed by atoms with Crippen LogP contribution >= 0.6 is 15.9 Å². The molecule has 0 aliphatic carbocycles. The Kier molecular flexibility index (Phi) is 4.70. The third-order valence-corrected chi connectivity index (χ3v) is 3.59. The Labute approximate surface area is 131 Å². The Hall–Kier alpha value is -2.21. The van der Waals surface area contributed by atoms with Crippen molar-refractivity contribution in [1.29, 1.82) is 0 Å². The van der Waals surface area contributed by atoms with E-state index in [0.717, 1.165) is 10.0 Å². The zero-order valence-electron chi connectivity index (χ0n) is 11.7. The maximum Gasteiger partial charge on any atom is 0.323 e. The molecule has 2 aromatic carbocycles. The van der Waals surface area contributed by atoms with Gasteiger partial charge in [0.25, 0.3) is 0 Å². The van der Waals surface area contributed by atoms with Gasteiger partial charge in [0.2, 0.25) is 0 Å². The van der Waals surface area contributed by atoms with E-state index in [4.69, 9.17) is 10.5 Å². The van der Waals surface area contributed by atoms with Crippen LogP contribution in [0.25, 0.3) is 0 Å². The highest BCUT2D eigenvalue weighted by molar-refractivity contribution is 9.10. The molecule has 0 unspecified atom stereocenters. The van der Waals surface area contributed by atoms with Gasteiger partial charge in [-0.05, 0) is 52.7 Å². The molecule has 0 fully saturated rings. The standard InChI is InChI=1S/C15H16BrN3O2/c1-9-6-12(16)14(8-13(9)17)19-15(20)18-10-4-3-5-11(7-10)21-2/h3-8H,17H2,1-2H3,(H2,18,19,20). The molecule has 2 amide bonds. The molecule has 0 bridgehead atoms. The smallest absolute Gasteiger partial charge is 0.323 e. The lowest BCUT2D eigenvalue weighted by Gasteiger charge is -2.11. The largest absolute Gasteiger partial charge is 0.497 e. The normalized spacial score (nSPS) is 10.0. The number of hydrogen-bond donors (Lipinski definition) is 3. The summed E-state index contributed by atoms with van der Waals surface area (Å²) in [7, 11) is 1.57. The summed E-state index contributed by atoms with van der Waals surface area (Å²) < 4.78 is 5.88. The third kappa shape index (κ3) is 3.88. The number of rotatable bonds is 3. The Morgan fingerprint density at radius 1 is 1.24 bits per heavy atom. The monoisotopic (exact) mass is 349 g/mol. The molecule has 6 heteroatoms. The molecule has 2 rings (SSSR count). The molecule has 0 radical (unpaired) electrons. The first-order valence-corrected chi connectivity index (χ1v) is 7.06. The molecule has 0 atom stereocenters. The number of nitrogens with one attached hydrogen (secondary N) is 2. The number of anilines is 3. The van der Waals surface area contributed by atoms with Gasteiger partial charge in [-0.2, -0.15) is 0 Å². The number of nitrogens with two attached hydrogens (primary N) is 1. The highest BCUT2D eigenvalue weighted by atomic mass is 79.9. The van der Waals surface area contributed by atoms with Crippen LogP contribution in [0.5, 0.6) is 5.75 Å². The first-order valence-electron chi connectivity index (χ1n) is 6.27. The number of carbonyl (C=O) groups is 1. The van der Waals surface area contributed by atoms with Gasteiger partial charge in [0.1, 0.15) is 5.75 Å². The van der Waals surface area contributed by atoms with Crippen molar-refractivity contribution in [2.75, 3.05) is 23.5 Å². The van der Waals surface area contributed by atoms with Crippen LogP contribution in [0.15, 0.2) is 40.9 Å². The van der Waals surface area contributed by atoms with Crippen molar-refractivity contribution >= 4 is 39.0 Å². The van der Waals surface area contributed by atoms with Crippen LogP contribution in [0.3, 0.4) is 0 Å². The molecule has 0 saturated heterocycles. The molecule has 110 valence electrons. The fourth-order valence-electron chi connectivity index (χ4n) is 1.77. The molecule has 5 nitrogen and oxygen atoms in total. The number of amides is 2. The third-order valence-electron chi connectivity index (χ3n) is 2.93. The fraction of sp³-hybridized carbons (Fsp3) is 0.133. The summed E-state index contributed by atoms with van der Waals surface area (Å²) in [4.78, 5) is 12.0. The second-order valence-corrected chi connectivity index (χ2v) is 5.35. The molecular weight excluding hydrogens is 334 g/mol. The number of benzene rings is 2. The maximum atomic E-state index is 12.0. The van der Waals surface area contributed by atoms with Gasteiger partial charge in [0, 0.05) is 21.9 Å². The van der Waals surface area contributed by atoms with Crippen LogP contribution in [0, 0.1) is 6.92 Å². The molecule has 0 heterocycles. The predicted molar refractivity (Wildman–Crippen MR) is 88.9 cm³/mol. The average molecular weight is 350 g/mol. The summed E-state index contributed by atoms with van der Waals surface area (Å²) in [6.45, 7) is 1.90. The van der Waals surface area contributed by atoms with Crippen LogP contribution in [-0.4, -0.2) is 13.1 Å². The van der Waals surface area contributed by atoms with Crippen molar-refractivity contribution in [2.24, 2.45) is 0 Å². The molecule has 0 aromatic heterocycles. The Morgan fingerprint density at radius 2 is 2.00 bits per heavy atom. The highest BCUT2D eigenvalue weighted by Gasteiger charge is 2.08. The summed E-state index contributed by atoms with van der Waals surface area (Å²) in [6.07, 6.45) is 0. The van der Waals surface area contributed by atoms with Gasteiger partial charge in [-0.15, -0.1) is 0 Å². The van der Waals surface area contributed by atoms with Gasteiger partial charge in [0.05, 0.1) is 12.8 Å². The summed E-state index contributed by atoms with van der Waals surface area (Å²) in [5.41, 5.74) is 8.66. The highest BCUT2D eigenvalue weighted by Crippen LogP contribution is 2.28. The van der Waals surface area contributed by atoms with E-state index < -0.39 is 0 Å². The molecular formula is C15H16BrN3O2. The first-order chi connectivity index (χ1) is 9.99. The predicted octanol–water partition coefficient (Wildman–Crippen LogP) is 3.99. The Bertz CT molecular complexity index is 674. The number of carbonyl (C=O) groups excluding carboxylic acids is 1. The molecule has 0 saturated carbocycles. The summed E-state index contributed by atoms with van der Waals surface area (Å²) in [5.74, 6) is 0.675. The van der Waals surface area contributed by atoms with Crippen molar-refractivity contribution in [3.63, 3.8) is 0 Å². The zero-order valence-corrected chi connectivity index (χ0v) is 13.3. The molecule has 0 spiro atoms. The minimum absolute atomic E-state index is 0.354. The van der Waals surface area contributed by atoms with Crippen LogP contribution in [0.1, 0.15) is 5.56 Å². The number of aryl methyl sites for hydroxylation is 1. The number of hydrogen-bond acceptors (Lipinski definition) is 3. The lowest BCUT2D eigenvalue weighted by Crippen LogP contribution is -2.19. The maximum absolute atomic E-state index is 12.0. The first kappa shape index (κ1) is 15.2. The Morgan fingerprint density at radius 3 is 2.71 bits per heavy atom. The van der Waals surface area contributed by atoms with Crippen molar-refractivity contribution in [1.82, 2.24) is 0 Å². The minimum Gasteiger partial charge on any atom is -0.497 e. The van der Waals surface area contributed by atoms with E-state index in [1.165, 1.54) is 0 Å². The van der Waals surface area contributed by atoms with E-state index in [-0.39, 0.29) is 6.03 Å². The van der Waals surface area contributed by atoms with Crippen molar-refractivity contribution in [3.05, 3.63) is 46.4 Å². The molecule has 0 aliphatic heterocycles. The lowest BCUT2D eigenvalue weighted by molar-refractivity contribution is 0.262. The van der Waals surface area contributed by atoms with E-state index in [1.54, 1.807) is 37.4 Å². The van der Waals surface area contributed by atoms with E-state index >= 15 is 0 Å². The minimum atomic E-state index is -0.354. The van der Waals surface area contributed by atoms with Gasteiger partial charge in [0.15, 0.2) is 0 Å². The van der Waals surface area contributed by atoms with E-state index in [0.29, 0.717) is 22.8 Å². The van der Waals surface area contributed by atoms with E-state index in [2.05, 4.69) is 26.6 Å². The van der Waals surface area contributed by atoms with Gasteiger partial charge in [-0.25, -0.2) is 4.79 Å². The quantitative estimate of drug-likeness (QED) is 0.733. The number of methoxy groups -OCH3 is 1. The fourth-order valence-corrected chi connectivity index (χ4v) is 2.33. The van der Waals surface area contributed by atoms with Gasteiger partial charge < -0.3 is 21.1 Å². The van der Waals surface area contributed by atoms with Crippen LogP contribution in [-0.2, 0) is 0 Å². The second-order valence-electron chi connectivity index (χ2n) is 4.50. The van der Waals surface area contributed by atoms with Crippen LogP contribution < -0.4 is 21.1 Å². The number of halogens is 1. The van der Waals surface area contributed by atoms with Crippen molar-refractivity contribution < 1.29 is 9.53 Å². The molecule has 21 heavy (non-hydrogen) atoms. The molecule has 4 N–H and O–H groups in total. The zero-order chi connectivity index (χ0) is 15.4. The van der Waals surface area contributed by atoms with E-state index in [9.17, 15) is 4.79 Å². The van der Waals surface area contributed by atoms with Crippen LogP contribution in [0.2, 0.25) is 0 Å². The van der Waals surface area contributed by atoms with Crippen molar-refractivity contribution in [2.45, 2.75) is 6.92 Å². The second kappa shape index (κ2) is 6.49. The molecule has 2 aromatic rings. The SMILES string of the molecule is COc1cccc(NC(=O)Nc2cc(N)c(C)cc2Br)c1.